The Kier molecular flexibility index (Phi) is 7.73. The third kappa shape index (κ3) is 5.34. The molecule has 1 spiro atoms. The van der Waals surface area contributed by atoms with Gasteiger partial charge in [0.05, 0.1) is 17.9 Å². The topological polar surface area (TPSA) is 135 Å². The molecule has 1 aromatic heterocycles. The number of aromatic hydroxyl groups is 1. The quantitative estimate of drug-likeness (QED) is 0.514. The van der Waals surface area contributed by atoms with Crippen LogP contribution in [0.15, 0.2) is 29.2 Å². The summed E-state index contributed by atoms with van der Waals surface area (Å²) in [5.74, 6) is -4.14. The fraction of sp³-hybridized carbons (Fsp3) is 0.435. The van der Waals surface area contributed by atoms with Crippen molar-refractivity contribution >= 4 is 34.3 Å². The Morgan fingerprint density at radius 1 is 1.27 bits per heavy atom. The van der Waals surface area contributed by atoms with Crippen LogP contribution in [0.2, 0.25) is 0 Å². The highest BCUT2D eigenvalue weighted by Crippen LogP contribution is 2.46. The maximum absolute atomic E-state index is 13.9. The molecular weight excluding hydrogens is 536 g/mol. The summed E-state index contributed by atoms with van der Waals surface area (Å²) >= 11 is 0. The molecule has 0 atom stereocenters. The van der Waals surface area contributed by atoms with E-state index in [-0.39, 0.29) is 55.6 Å². The predicted molar refractivity (Wildman–Crippen MR) is 130 cm³/mol. The minimum absolute atomic E-state index is 0. The smallest absolute Gasteiger partial charge is 0.274 e. The van der Waals surface area contributed by atoms with Gasteiger partial charge in [-0.2, -0.15) is 8.42 Å². The van der Waals surface area contributed by atoms with Crippen molar-refractivity contribution in [3.8, 4) is 5.75 Å². The monoisotopic (exact) mass is 561 g/mol. The molecule has 4 rings (SSSR count). The number of aromatic nitrogens is 1. The van der Waals surface area contributed by atoms with E-state index in [4.69, 9.17) is 4.18 Å². The van der Waals surface area contributed by atoms with Gasteiger partial charge in [0.1, 0.15) is 17.2 Å². The number of nitrogens with one attached hydrogen (secondary N) is 1. The summed E-state index contributed by atoms with van der Waals surface area (Å²) in [6.45, 7) is 3.30. The lowest BCUT2D eigenvalue weighted by Crippen LogP contribution is -2.63. The number of hydrogen-bond donors (Lipinski definition) is 2. The molecule has 2 heterocycles. The molecule has 1 fully saturated rings. The fourth-order valence-corrected chi connectivity index (χ4v) is 5.35. The van der Waals surface area contributed by atoms with E-state index in [0.717, 1.165) is 24.6 Å². The lowest BCUT2D eigenvalue weighted by atomic mass is 9.71. The maximum atomic E-state index is 13.9. The molecule has 0 radical (unpaired) electrons. The van der Waals surface area contributed by atoms with Crippen molar-refractivity contribution in [3.05, 3.63) is 63.1 Å². The van der Waals surface area contributed by atoms with Gasteiger partial charge in [-0.3, -0.25) is 18.6 Å². The number of benzene rings is 1. The first kappa shape index (κ1) is 28.5. The van der Waals surface area contributed by atoms with Crippen LogP contribution in [0, 0.1) is 11.6 Å². The third-order valence-corrected chi connectivity index (χ3v) is 7.09. The molecule has 37 heavy (non-hydrogen) atoms. The van der Waals surface area contributed by atoms with E-state index >= 15 is 0 Å². The summed E-state index contributed by atoms with van der Waals surface area (Å²) in [5, 5.41) is 13.1. The Balaban J connectivity index is 0.00000380. The number of pyridine rings is 1. The van der Waals surface area contributed by atoms with Crippen LogP contribution in [0.5, 0.6) is 5.75 Å². The second-order valence-electron chi connectivity index (χ2n) is 9.44. The van der Waals surface area contributed by atoms with Crippen LogP contribution in [-0.2, 0) is 26.4 Å². The lowest BCUT2D eigenvalue weighted by molar-refractivity contribution is -0.0379. The van der Waals surface area contributed by atoms with Gasteiger partial charge in [0.15, 0.2) is 11.4 Å². The normalized spacial score (nSPS) is 20.9. The molecule has 1 saturated carbocycles. The van der Waals surface area contributed by atoms with E-state index in [1.807, 2.05) is 0 Å². The van der Waals surface area contributed by atoms with Crippen molar-refractivity contribution < 1.29 is 36.1 Å². The zero-order chi connectivity index (χ0) is 26.6. The summed E-state index contributed by atoms with van der Waals surface area (Å²) in [4.78, 5) is 40.3. The molecule has 2 amide bonds. The zero-order valence-electron chi connectivity index (χ0n) is 20.2. The fourth-order valence-electron chi connectivity index (χ4n) is 4.72. The van der Waals surface area contributed by atoms with Crippen LogP contribution in [0.3, 0.4) is 0 Å². The molecule has 10 nitrogen and oxygen atoms in total. The standard InChI is InChI=1S/C23H25F2N3O7S.ClH/c1-12(2)27-11-23(7-15(8-23)35-36(3,33)34)28-10-16(19(29)20(30)18(28)22(27)32)21(31)26-9-13-4-5-14(24)6-17(13)25;/h4-6,10,12,15,30H,7-9,11H2,1-3H3,(H,26,31);1H/t15-,23+;. The van der Waals surface area contributed by atoms with Gasteiger partial charge in [0.25, 0.3) is 21.9 Å². The predicted octanol–water partition coefficient (Wildman–Crippen LogP) is 1.88. The molecule has 2 N–H and O–H groups in total. The molecule has 14 heteroatoms. The summed E-state index contributed by atoms with van der Waals surface area (Å²) in [7, 11) is -3.74. The van der Waals surface area contributed by atoms with E-state index in [1.165, 1.54) is 9.47 Å². The first-order chi connectivity index (χ1) is 16.7. The minimum atomic E-state index is -3.74. The first-order valence-electron chi connectivity index (χ1n) is 11.1. The SMILES string of the molecule is CC(C)N1C[C@]2(C[C@H](OS(C)(=O)=O)C2)n2cc(C(=O)NCc3ccc(F)cc3F)c(=O)c(O)c2C1=O.Cl. The molecule has 1 aromatic carbocycles. The third-order valence-electron chi connectivity index (χ3n) is 6.47. The first-order valence-corrected chi connectivity index (χ1v) is 12.9. The Morgan fingerprint density at radius 3 is 2.49 bits per heavy atom. The van der Waals surface area contributed by atoms with Crippen molar-refractivity contribution in [3.63, 3.8) is 0 Å². The highest BCUT2D eigenvalue weighted by molar-refractivity contribution is 7.86. The van der Waals surface area contributed by atoms with E-state index in [9.17, 15) is 36.7 Å². The van der Waals surface area contributed by atoms with Gasteiger partial charge >= 0.3 is 0 Å². The highest BCUT2D eigenvalue weighted by atomic mass is 35.5. The van der Waals surface area contributed by atoms with Crippen LogP contribution >= 0.6 is 12.4 Å². The largest absolute Gasteiger partial charge is 0.503 e. The summed E-state index contributed by atoms with van der Waals surface area (Å²) in [5.41, 5.74) is -2.83. The number of nitrogens with zero attached hydrogens (tertiary/aromatic N) is 2. The number of carbonyl (C=O) groups excluding carboxylic acids is 2. The van der Waals surface area contributed by atoms with Gasteiger partial charge in [-0.1, -0.05) is 6.07 Å². The number of halogens is 3. The average molecular weight is 562 g/mol. The van der Waals surface area contributed by atoms with Gasteiger partial charge in [-0.25, -0.2) is 8.78 Å². The molecule has 1 aliphatic heterocycles. The molecule has 0 saturated heterocycles. The van der Waals surface area contributed by atoms with Crippen LogP contribution in [0.1, 0.15) is 53.1 Å². The van der Waals surface area contributed by atoms with Gasteiger partial charge in [0, 0.05) is 49.8 Å². The average Bonchev–Trinajstić information content (AvgIpc) is 2.74. The van der Waals surface area contributed by atoms with E-state index in [0.29, 0.717) is 6.07 Å². The molecule has 2 aromatic rings. The van der Waals surface area contributed by atoms with Crippen LogP contribution in [0.4, 0.5) is 8.78 Å². The highest BCUT2D eigenvalue weighted by Gasteiger charge is 2.54. The van der Waals surface area contributed by atoms with Gasteiger partial charge < -0.3 is 19.9 Å². The van der Waals surface area contributed by atoms with Crippen molar-refractivity contribution in [2.24, 2.45) is 0 Å². The number of amides is 2. The van der Waals surface area contributed by atoms with Gasteiger partial charge in [-0.15, -0.1) is 12.4 Å². The zero-order valence-corrected chi connectivity index (χ0v) is 21.8. The number of hydrogen-bond acceptors (Lipinski definition) is 7. The lowest BCUT2D eigenvalue weighted by Gasteiger charge is -2.54. The molecular formula is C23H26ClF2N3O7S. The molecule has 202 valence electrons. The second kappa shape index (κ2) is 10.0. The summed E-state index contributed by atoms with van der Waals surface area (Å²) in [6, 6.07) is 2.53. The van der Waals surface area contributed by atoms with Crippen molar-refractivity contribution in [2.75, 3.05) is 12.8 Å². The van der Waals surface area contributed by atoms with Gasteiger partial charge in [0.2, 0.25) is 5.43 Å². The molecule has 1 aliphatic carbocycles. The molecule has 0 unspecified atom stereocenters. The van der Waals surface area contributed by atoms with Gasteiger partial charge in [-0.05, 0) is 19.9 Å². The van der Waals surface area contributed by atoms with Crippen molar-refractivity contribution in [1.29, 1.82) is 0 Å². The maximum Gasteiger partial charge on any atom is 0.274 e. The van der Waals surface area contributed by atoms with E-state index < -0.39 is 62.0 Å². The Morgan fingerprint density at radius 2 is 1.92 bits per heavy atom. The van der Waals surface area contributed by atoms with E-state index in [2.05, 4.69) is 5.32 Å². The van der Waals surface area contributed by atoms with Crippen LogP contribution in [-0.4, -0.2) is 59.8 Å². The number of rotatable bonds is 6. The summed E-state index contributed by atoms with van der Waals surface area (Å²) in [6.07, 6.45) is 1.68. The van der Waals surface area contributed by atoms with E-state index in [1.54, 1.807) is 13.8 Å². The van der Waals surface area contributed by atoms with Crippen LogP contribution < -0.4 is 10.7 Å². The Bertz CT molecular complexity index is 1420. The Hall–Kier alpha value is -3.03. The minimum Gasteiger partial charge on any atom is -0.503 e. The van der Waals surface area contributed by atoms with Crippen molar-refractivity contribution in [2.45, 2.75) is 50.9 Å². The molecule has 2 aliphatic rings. The second-order valence-corrected chi connectivity index (χ2v) is 11.0. The van der Waals surface area contributed by atoms with Crippen molar-refractivity contribution in [1.82, 2.24) is 14.8 Å². The number of fused-ring (bicyclic) bond motifs is 2. The summed E-state index contributed by atoms with van der Waals surface area (Å²) < 4.78 is 56.6. The van der Waals surface area contributed by atoms with Crippen LogP contribution in [0.25, 0.3) is 0 Å². The Labute approximate surface area is 217 Å². The molecule has 0 bridgehead atoms. The number of carbonyl (C=O) groups is 2.